The quantitative estimate of drug-likeness (QED) is 0.641. The number of aliphatic hydroxyl groups is 1. The van der Waals surface area contributed by atoms with Crippen LogP contribution in [0.25, 0.3) is 0 Å². The molecule has 1 saturated heterocycles. The van der Waals surface area contributed by atoms with E-state index < -0.39 is 0 Å². The molecular formula is C10H21NO2. The Hall–Kier alpha value is -0.120. The zero-order valence-corrected chi connectivity index (χ0v) is 8.54. The van der Waals surface area contributed by atoms with Crippen LogP contribution in [0.15, 0.2) is 0 Å². The molecule has 78 valence electrons. The van der Waals surface area contributed by atoms with Gasteiger partial charge in [-0.1, -0.05) is 26.2 Å². The standard InChI is InChI=1S/C10H21NO2/c1-2-3-4-5-6-10-11(9-12)7-8-13-10/h10,12H,2-9H2,1H3. The van der Waals surface area contributed by atoms with E-state index in [-0.39, 0.29) is 13.0 Å². The van der Waals surface area contributed by atoms with E-state index in [1.807, 2.05) is 4.90 Å². The number of aliphatic hydroxyl groups excluding tert-OH is 1. The number of nitrogens with zero attached hydrogens (tertiary/aromatic N) is 1. The monoisotopic (exact) mass is 187 g/mol. The molecule has 0 aliphatic carbocycles. The van der Waals surface area contributed by atoms with Gasteiger partial charge in [0.25, 0.3) is 0 Å². The van der Waals surface area contributed by atoms with Crippen LogP contribution in [-0.2, 0) is 4.74 Å². The molecule has 0 spiro atoms. The number of unbranched alkanes of at least 4 members (excludes halogenated alkanes) is 3. The second-order valence-corrected chi connectivity index (χ2v) is 3.63. The summed E-state index contributed by atoms with van der Waals surface area (Å²) in [6.45, 7) is 4.01. The van der Waals surface area contributed by atoms with Crippen LogP contribution >= 0.6 is 0 Å². The highest BCUT2D eigenvalue weighted by molar-refractivity contribution is 4.66. The van der Waals surface area contributed by atoms with E-state index in [4.69, 9.17) is 9.84 Å². The lowest BCUT2D eigenvalue weighted by Gasteiger charge is -2.19. The summed E-state index contributed by atoms with van der Waals surface area (Å²) in [5.41, 5.74) is 0. The molecule has 1 atom stereocenters. The van der Waals surface area contributed by atoms with Crippen molar-refractivity contribution in [2.24, 2.45) is 0 Å². The summed E-state index contributed by atoms with van der Waals surface area (Å²) in [5.74, 6) is 0. The molecule has 3 nitrogen and oxygen atoms in total. The van der Waals surface area contributed by atoms with E-state index >= 15 is 0 Å². The van der Waals surface area contributed by atoms with Gasteiger partial charge in [-0.05, 0) is 12.8 Å². The molecular weight excluding hydrogens is 166 g/mol. The molecule has 1 aliphatic heterocycles. The number of rotatable bonds is 6. The highest BCUT2D eigenvalue weighted by Crippen LogP contribution is 2.15. The first-order valence-electron chi connectivity index (χ1n) is 5.35. The maximum absolute atomic E-state index is 8.99. The Balaban J connectivity index is 2.06. The molecule has 0 saturated carbocycles. The van der Waals surface area contributed by atoms with Gasteiger partial charge in [-0.15, -0.1) is 0 Å². The van der Waals surface area contributed by atoms with Crippen LogP contribution in [0.4, 0.5) is 0 Å². The van der Waals surface area contributed by atoms with Crippen molar-refractivity contribution >= 4 is 0 Å². The number of hydrogen-bond acceptors (Lipinski definition) is 3. The van der Waals surface area contributed by atoms with Crippen LogP contribution in [0.3, 0.4) is 0 Å². The van der Waals surface area contributed by atoms with Crippen LogP contribution in [0.5, 0.6) is 0 Å². The summed E-state index contributed by atoms with van der Waals surface area (Å²) in [6.07, 6.45) is 6.34. The van der Waals surface area contributed by atoms with Gasteiger partial charge in [0.1, 0.15) is 6.23 Å². The predicted molar refractivity (Wildman–Crippen MR) is 52.3 cm³/mol. The molecule has 1 aliphatic rings. The van der Waals surface area contributed by atoms with Crippen LogP contribution in [0, 0.1) is 0 Å². The molecule has 13 heavy (non-hydrogen) atoms. The van der Waals surface area contributed by atoms with Gasteiger partial charge in [-0.25, -0.2) is 0 Å². The predicted octanol–water partition coefficient (Wildman–Crippen LogP) is 1.56. The Bertz CT molecular complexity index is 130. The zero-order chi connectivity index (χ0) is 9.52. The average Bonchev–Trinajstić information content (AvgIpc) is 2.60. The Kier molecular flexibility index (Phi) is 5.35. The smallest absolute Gasteiger partial charge is 0.112 e. The van der Waals surface area contributed by atoms with Gasteiger partial charge in [0.2, 0.25) is 0 Å². The number of ether oxygens (including phenoxy) is 1. The second-order valence-electron chi connectivity index (χ2n) is 3.63. The lowest BCUT2D eigenvalue weighted by Crippen LogP contribution is -2.30. The molecule has 1 rings (SSSR count). The molecule has 1 fully saturated rings. The minimum Gasteiger partial charge on any atom is -0.381 e. The van der Waals surface area contributed by atoms with Crippen LogP contribution < -0.4 is 0 Å². The summed E-state index contributed by atoms with van der Waals surface area (Å²) in [4.78, 5) is 1.99. The van der Waals surface area contributed by atoms with Crippen molar-refractivity contribution < 1.29 is 9.84 Å². The molecule has 0 bridgehead atoms. The molecule has 1 N–H and O–H groups in total. The minimum atomic E-state index is 0.137. The molecule has 1 unspecified atom stereocenters. The van der Waals surface area contributed by atoms with Gasteiger partial charge < -0.3 is 9.84 Å². The van der Waals surface area contributed by atoms with E-state index in [0.717, 1.165) is 19.6 Å². The highest BCUT2D eigenvalue weighted by atomic mass is 16.5. The molecule has 3 heteroatoms. The SMILES string of the molecule is CCCCCCC1OCCN1CO. The van der Waals surface area contributed by atoms with Crippen molar-refractivity contribution in [1.29, 1.82) is 0 Å². The molecule has 1 heterocycles. The van der Waals surface area contributed by atoms with Crippen molar-refractivity contribution in [2.75, 3.05) is 19.9 Å². The van der Waals surface area contributed by atoms with Crippen LogP contribution in [0.2, 0.25) is 0 Å². The van der Waals surface area contributed by atoms with Crippen molar-refractivity contribution in [3.8, 4) is 0 Å². The highest BCUT2D eigenvalue weighted by Gasteiger charge is 2.23. The van der Waals surface area contributed by atoms with Crippen molar-refractivity contribution in [1.82, 2.24) is 4.90 Å². The van der Waals surface area contributed by atoms with Crippen molar-refractivity contribution in [3.63, 3.8) is 0 Å². The Morgan fingerprint density at radius 3 is 2.92 bits per heavy atom. The minimum absolute atomic E-state index is 0.137. The fraction of sp³-hybridized carbons (Fsp3) is 1.00. The fourth-order valence-electron chi connectivity index (χ4n) is 1.73. The molecule has 0 aromatic carbocycles. The third kappa shape index (κ3) is 3.63. The Morgan fingerprint density at radius 2 is 2.23 bits per heavy atom. The van der Waals surface area contributed by atoms with Gasteiger partial charge in [0.05, 0.1) is 13.3 Å². The summed E-state index contributed by atoms with van der Waals surface area (Å²) < 4.78 is 5.50. The van der Waals surface area contributed by atoms with Crippen LogP contribution in [0.1, 0.15) is 39.0 Å². The molecule has 0 aromatic heterocycles. The van der Waals surface area contributed by atoms with Crippen molar-refractivity contribution in [3.05, 3.63) is 0 Å². The largest absolute Gasteiger partial charge is 0.381 e. The summed E-state index contributed by atoms with van der Waals surface area (Å²) in [6, 6.07) is 0. The second kappa shape index (κ2) is 6.35. The molecule has 0 amide bonds. The Morgan fingerprint density at radius 1 is 1.38 bits per heavy atom. The van der Waals surface area contributed by atoms with Gasteiger partial charge in [0.15, 0.2) is 0 Å². The van der Waals surface area contributed by atoms with Gasteiger partial charge in [-0.3, -0.25) is 4.90 Å². The molecule has 0 aromatic rings. The zero-order valence-electron chi connectivity index (χ0n) is 8.54. The topological polar surface area (TPSA) is 32.7 Å². The number of hydrogen-bond donors (Lipinski definition) is 1. The fourth-order valence-corrected chi connectivity index (χ4v) is 1.73. The first-order valence-corrected chi connectivity index (χ1v) is 5.35. The maximum Gasteiger partial charge on any atom is 0.112 e. The molecule has 0 radical (unpaired) electrons. The Labute approximate surface area is 80.7 Å². The van der Waals surface area contributed by atoms with Crippen molar-refractivity contribution in [2.45, 2.75) is 45.3 Å². The van der Waals surface area contributed by atoms with E-state index in [1.165, 1.54) is 25.7 Å². The average molecular weight is 187 g/mol. The van der Waals surface area contributed by atoms with E-state index in [2.05, 4.69) is 6.92 Å². The lowest BCUT2D eigenvalue weighted by molar-refractivity contribution is -0.0138. The lowest BCUT2D eigenvalue weighted by atomic mass is 10.1. The third-order valence-corrected chi connectivity index (χ3v) is 2.58. The summed E-state index contributed by atoms with van der Waals surface area (Å²) in [5, 5.41) is 8.99. The van der Waals surface area contributed by atoms with E-state index in [1.54, 1.807) is 0 Å². The normalized spacial score (nSPS) is 24.0. The van der Waals surface area contributed by atoms with Gasteiger partial charge in [-0.2, -0.15) is 0 Å². The first-order chi connectivity index (χ1) is 6.38. The van der Waals surface area contributed by atoms with Gasteiger partial charge >= 0.3 is 0 Å². The third-order valence-electron chi connectivity index (χ3n) is 2.58. The first kappa shape index (κ1) is 11.0. The van der Waals surface area contributed by atoms with E-state index in [0.29, 0.717) is 0 Å². The van der Waals surface area contributed by atoms with Gasteiger partial charge in [0, 0.05) is 6.54 Å². The van der Waals surface area contributed by atoms with E-state index in [9.17, 15) is 0 Å². The van der Waals surface area contributed by atoms with Crippen LogP contribution in [-0.4, -0.2) is 36.1 Å². The summed E-state index contributed by atoms with van der Waals surface area (Å²) >= 11 is 0. The summed E-state index contributed by atoms with van der Waals surface area (Å²) in [7, 11) is 0. The maximum atomic E-state index is 8.99.